The zero-order valence-electron chi connectivity index (χ0n) is 11.8. The van der Waals surface area contributed by atoms with Gasteiger partial charge in [-0.15, -0.1) is 0 Å². The van der Waals surface area contributed by atoms with Gasteiger partial charge in [-0.1, -0.05) is 19.1 Å². The van der Waals surface area contributed by atoms with Crippen molar-refractivity contribution in [2.75, 3.05) is 13.1 Å². The van der Waals surface area contributed by atoms with Gasteiger partial charge in [0.1, 0.15) is 0 Å². The second-order valence-corrected chi connectivity index (χ2v) is 6.05. The second kappa shape index (κ2) is 5.09. The van der Waals surface area contributed by atoms with Crippen molar-refractivity contribution >= 4 is 5.78 Å². The highest BCUT2D eigenvalue weighted by molar-refractivity contribution is 6.00. The molecule has 1 saturated heterocycles. The maximum Gasteiger partial charge on any atom is 0.169 e. The number of carbonyl (C=O) groups is 1. The Balaban J connectivity index is 1.90. The number of Topliss-reactive ketones (excluding diaryl/α,β-unsaturated/α-hetero) is 1. The number of benzene rings is 1. The molecule has 1 heterocycles. The van der Waals surface area contributed by atoms with Gasteiger partial charge < -0.3 is 5.32 Å². The number of carbonyl (C=O) groups excluding carboxylic acids is 1. The normalized spacial score (nSPS) is 21.1. The molecule has 0 saturated carbocycles. The van der Waals surface area contributed by atoms with E-state index in [0.717, 1.165) is 44.3 Å². The van der Waals surface area contributed by atoms with Crippen molar-refractivity contribution < 1.29 is 4.79 Å². The summed E-state index contributed by atoms with van der Waals surface area (Å²) in [7, 11) is 0. The van der Waals surface area contributed by atoms with Crippen molar-refractivity contribution in [3.05, 3.63) is 34.9 Å². The predicted molar refractivity (Wildman–Crippen MR) is 77.6 cm³/mol. The predicted octanol–water partition coefficient (Wildman–Crippen LogP) is 3.14. The van der Waals surface area contributed by atoms with Crippen molar-refractivity contribution in [2.24, 2.45) is 5.41 Å². The van der Waals surface area contributed by atoms with Crippen molar-refractivity contribution in [2.45, 2.75) is 45.4 Å². The number of rotatable bonds is 3. The molecule has 2 aliphatic rings. The van der Waals surface area contributed by atoms with E-state index < -0.39 is 0 Å². The second-order valence-electron chi connectivity index (χ2n) is 6.05. The molecule has 2 heteroatoms. The van der Waals surface area contributed by atoms with Gasteiger partial charge in [-0.2, -0.15) is 0 Å². The summed E-state index contributed by atoms with van der Waals surface area (Å²) in [6.45, 7) is 4.12. The summed E-state index contributed by atoms with van der Waals surface area (Å²) in [4.78, 5) is 12.9. The molecule has 1 N–H and O–H groups in total. The van der Waals surface area contributed by atoms with Gasteiger partial charge in [0.15, 0.2) is 5.78 Å². The Hall–Kier alpha value is -1.15. The largest absolute Gasteiger partial charge is 0.317 e. The Morgan fingerprint density at radius 2 is 1.95 bits per heavy atom. The third-order valence-electron chi connectivity index (χ3n) is 5.08. The Bertz CT molecular complexity index is 486. The molecule has 0 bridgehead atoms. The van der Waals surface area contributed by atoms with Crippen LogP contribution < -0.4 is 5.32 Å². The van der Waals surface area contributed by atoms with E-state index in [-0.39, 0.29) is 5.41 Å². The number of hydrogen-bond donors (Lipinski definition) is 1. The van der Waals surface area contributed by atoms with Gasteiger partial charge in [0.05, 0.1) is 0 Å². The Kier molecular flexibility index (Phi) is 3.44. The summed E-state index contributed by atoms with van der Waals surface area (Å²) in [6.07, 6.45) is 6.52. The lowest BCUT2D eigenvalue weighted by Crippen LogP contribution is -2.41. The lowest BCUT2D eigenvalue weighted by atomic mass is 9.71. The third kappa shape index (κ3) is 2.23. The smallest absolute Gasteiger partial charge is 0.169 e. The van der Waals surface area contributed by atoms with Crippen molar-refractivity contribution in [1.29, 1.82) is 0 Å². The minimum atomic E-state index is -0.113. The minimum Gasteiger partial charge on any atom is -0.317 e. The summed E-state index contributed by atoms with van der Waals surface area (Å²) in [5.74, 6) is 0.381. The molecule has 2 nitrogen and oxygen atoms in total. The molecule has 3 rings (SSSR count). The lowest BCUT2D eigenvalue weighted by molar-refractivity contribution is 0.0717. The fourth-order valence-corrected chi connectivity index (χ4v) is 3.67. The topological polar surface area (TPSA) is 29.1 Å². The maximum absolute atomic E-state index is 12.9. The zero-order valence-corrected chi connectivity index (χ0v) is 11.8. The molecule has 1 aliphatic heterocycles. The SMILES string of the molecule is CCC1(C(=O)c2ccc3c(c2)CCC3)CCNCC1. The summed E-state index contributed by atoms with van der Waals surface area (Å²) in [5.41, 5.74) is 3.70. The van der Waals surface area contributed by atoms with Crippen molar-refractivity contribution in [1.82, 2.24) is 5.32 Å². The lowest BCUT2D eigenvalue weighted by Gasteiger charge is -2.35. The molecule has 0 unspecified atom stereocenters. The monoisotopic (exact) mass is 257 g/mol. The van der Waals surface area contributed by atoms with Crippen LogP contribution in [0.25, 0.3) is 0 Å². The number of aryl methyl sites for hydroxylation is 2. The molecule has 102 valence electrons. The van der Waals surface area contributed by atoms with Crippen LogP contribution in [-0.4, -0.2) is 18.9 Å². The first kappa shape index (κ1) is 12.9. The minimum absolute atomic E-state index is 0.113. The number of fused-ring (bicyclic) bond motifs is 1. The van der Waals surface area contributed by atoms with E-state index in [1.54, 1.807) is 0 Å². The van der Waals surface area contributed by atoms with E-state index in [0.29, 0.717) is 5.78 Å². The molecule has 1 fully saturated rings. The molecule has 0 atom stereocenters. The molecule has 0 aromatic heterocycles. The maximum atomic E-state index is 12.9. The first-order valence-electron chi connectivity index (χ1n) is 7.62. The number of nitrogens with one attached hydrogen (secondary N) is 1. The number of hydrogen-bond acceptors (Lipinski definition) is 2. The van der Waals surface area contributed by atoms with Crippen LogP contribution in [0, 0.1) is 5.41 Å². The van der Waals surface area contributed by atoms with Gasteiger partial charge in [0.2, 0.25) is 0 Å². The van der Waals surface area contributed by atoms with E-state index in [2.05, 4.69) is 30.4 Å². The molecule has 1 aliphatic carbocycles. The molecule has 0 spiro atoms. The van der Waals surface area contributed by atoms with E-state index in [9.17, 15) is 4.79 Å². The molecule has 1 aromatic rings. The van der Waals surface area contributed by atoms with Crippen LogP contribution in [0.15, 0.2) is 18.2 Å². The van der Waals surface area contributed by atoms with Gasteiger partial charge in [-0.25, -0.2) is 0 Å². The highest BCUT2D eigenvalue weighted by Gasteiger charge is 2.38. The molecule has 1 aromatic carbocycles. The summed E-state index contributed by atoms with van der Waals surface area (Å²) in [6, 6.07) is 6.41. The Labute approximate surface area is 115 Å². The molecular formula is C17H23NO. The Morgan fingerprint density at radius 3 is 2.68 bits per heavy atom. The summed E-state index contributed by atoms with van der Waals surface area (Å²) in [5, 5.41) is 3.37. The van der Waals surface area contributed by atoms with Crippen molar-refractivity contribution in [3.63, 3.8) is 0 Å². The van der Waals surface area contributed by atoms with Gasteiger partial charge >= 0.3 is 0 Å². The molecule has 19 heavy (non-hydrogen) atoms. The van der Waals surface area contributed by atoms with Gasteiger partial charge in [-0.3, -0.25) is 4.79 Å². The van der Waals surface area contributed by atoms with E-state index in [1.807, 2.05) is 0 Å². The standard InChI is InChI=1S/C17H23NO/c1-2-17(8-10-18-11-9-17)16(19)15-7-6-13-4-3-5-14(13)12-15/h6-7,12,18H,2-5,8-11H2,1H3. The highest BCUT2D eigenvalue weighted by Crippen LogP contribution is 2.37. The van der Waals surface area contributed by atoms with Gasteiger partial charge in [0, 0.05) is 11.0 Å². The summed E-state index contributed by atoms with van der Waals surface area (Å²) >= 11 is 0. The quantitative estimate of drug-likeness (QED) is 0.843. The first-order valence-corrected chi connectivity index (χ1v) is 7.62. The van der Waals surface area contributed by atoms with Gasteiger partial charge in [0.25, 0.3) is 0 Å². The summed E-state index contributed by atoms with van der Waals surface area (Å²) < 4.78 is 0. The highest BCUT2D eigenvalue weighted by atomic mass is 16.1. The van der Waals surface area contributed by atoms with Crippen LogP contribution in [0.4, 0.5) is 0 Å². The first-order chi connectivity index (χ1) is 9.25. The Morgan fingerprint density at radius 1 is 1.21 bits per heavy atom. The molecule has 0 radical (unpaired) electrons. The van der Waals surface area contributed by atoms with Crippen LogP contribution in [0.5, 0.6) is 0 Å². The fourth-order valence-electron chi connectivity index (χ4n) is 3.67. The zero-order chi connectivity index (χ0) is 13.3. The van der Waals surface area contributed by atoms with Crippen LogP contribution >= 0.6 is 0 Å². The van der Waals surface area contributed by atoms with Crippen LogP contribution in [-0.2, 0) is 12.8 Å². The average molecular weight is 257 g/mol. The van der Waals surface area contributed by atoms with Crippen molar-refractivity contribution in [3.8, 4) is 0 Å². The van der Waals surface area contributed by atoms with Crippen LogP contribution in [0.1, 0.15) is 54.1 Å². The molecular weight excluding hydrogens is 234 g/mol. The number of piperidine rings is 1. The molecule has 0 amide bonds. The van der Waals surface area contributed by atoms with Gasteiger partial charge in [-0.05, 0) is 68.8 Å². The van der Waals surface area contributed by atoms with E-state index in [1.165, 1.54) is 24.0 Å². The van der Waals surface area contributed by atoms with Crippen LogP contribution in [0.3, 0.4) is 0 Å². The fraction of sp³-hybridized carbons (Fsp3) is 0.588. The average Bonchev–Trinajstić information content (AvgIpc) is 2.94. The third-order valence-corrected chi connectivity index (χ3v) is 5.08. The van der Waals surface area contributed by atoms with E-state index >= 15 is 0 Å². The number of ketones is 1. The van der Waals surface area contributed by atoms with E-state index in [4.69, 9.17) is 0 Å². The van der Waals surface area contributed by atoms with Crippen LogP contribution in [0.2, 0.25) is 0 Å².